The van der Waals surface area contributed by atoms with Gasteiger partial charge in [-0.2, -0.15) is 0 Å². The molecule has 3 nitrogen and oxygen atoms in total. The molecule has 12 heavy (non-hydrogen) atoms. The van der Waals surface area contributed by atoms with Gasteiger partial charge in [0, 0.05) is 6.20 Å². The summed E-state index contributed by atoms with van der Waals surface area (Å²) in [5, 5.41) is 1.91. The number of nitrogens with zero attached hydrogens (tertiary/aromatic N) is 1. The topological polar surface area (TPSA) is 27.3 Å². The van der Waals surface area contributed by atoms with Gasteiger partial charge in [-0.1, -0.05) is 18.2 Å². The Bertz CT molecular complexity index is 260. The number of anilines is 1. The highest BCUT2D eigenvalue weighted by Crippen LogP contribution is 2.06. The average Bonchev–Trinajstić information content (AvgIpc) is 2.59. The third-order valence-electron chi connectivity index (χ3n) is 1.67. The molecule has 1 heterocycles. The van der Waals surface area contributed by atoms with E-state index >= 15 is 0 Å². The van der Waals surface area contributed by atoms with Crippen LogP contribution >= 0.6 is 0 Å². The first-order chi connectivity index (χ1) is 5.95. The predicted octanol–water partition coefficient (Wildman–Crippen LogP) is 1.35. The summed E-state index contributed by atoms with van der Waals surface area (Å²) < 4.78 is 0. The van der Waals surface area contributed by atoms with Gasteiger partial charge >= 0.3 is 0 Å². The quantitative estimate of drug-likeness (QED) is 0.685. The fraction of sp³-hybridized carbons (Fsp3) is 0.111. The molecule has 0 saturated heterocycles. The van der Waals surface area contributed by atoms with E-state index < -0.39 is 0 Å². The fourth-order valence-electron chi connectivity index (χ4n) is 1.10. The molecule has 0 saturated carbocycles. The molecule has 0 amide bonds. The summed E-state index contributed by atoms with van der Waals surface area (Å²) in [6.45, 7) is 0.884. The molecule has 1 aliphatic heterocycles. The van der Waals surface area contributed by atoms with Crippen LogP contribution in [-0.4, -0.2) is 11.7 Å². The number of nitrogens with one attached hydrogen (secondary N) is 2. The Morgan fingerprint density at radius 2 is 2.08 bits per heavy atom. The lowest BCUT2D eigenvalue weighted by Crippen LogP contribution is -2.35. The van der Waals surface area contributed by atoms with Crippen molar-refractivity contribution in [2.24, 2.45) is 0 Å². The van der Waals surface area contributed by atoms with Gasteiger partial charge in [0.1, 0.15) is 0 Å². The first-order valence-electron chi connectivity index (χ1n) is 3.95. The maximum atomic E-state index is 3.20. The number of hydrogen-bond donors (Lipinski definition) is 2. The van der Waals surface area contributed by atoms with Crippen molar-refractivity contribution in [3.05, 3.63) is 42.6 Å². The van der Waals surface area contributed by atoms with Crippen molar-refractivity contribution in [3.8, 4) is 0 Å². The van der Waals surface area contributed by atoms with Crippen molar-refractivity contribution in [1.82, 2.24) is 10.5 Å². The second kappa shape index (κ2) is 3.28. The zero-order valence-electron chi connectivity index (χ0n) is 6.70. The van der Waals surface area contributed by atoms with E-state index in [1.807, 2.05) is 41.6 Å². The van der Waals surface area contributed by atoms with Crippen LogP contribution in [0.4, 0.5) is 5.69 Å². The van der Waals surface area contributed by atoms with Crippen LogP contribution < -0.4 is 10.9 Å². The van der Waals surface area contributed by atoms with Gasteiger partial charge in [-0.25, -0.2) is 0 Å². The lowest BCUT2D eigenvalue weighted by Gasteiger charge is -2.17. The van der Waals surface area contributed by atoms with E-state index in [1.54, 1.807) is 0 Å². The molecule has 0 bridgehead atoms. The first-order valence-corrected chi connectivity index (χ1v) is 3.95. The highest BCUT2D eigenvalue weighted by atomic mass is 15.7. The summed E-state index contributed by atoms with van der Waals surface area (Å²) in [6, 6.07) is 10.1. The minimum atomic E-state index is 0.884. The SMILES string of the molecule is C1=CNN(Nc2ccccc2)C1. The number of para-hydroxylation sites is 1. The molecule has 3 heteroatoms. The smallest absolute Gasteiger partial charge is 0.0586 e. The van der Waals surface area contributed by atoms with Crippen LogP contribution in [0.3, 0.4) is 0 Å². The largest absolute Gasteiger partial charge is 0.309 e. The zero-order chi connectivity index (χ0) is 8.23. The van der Waals surface area contributed by atoms with Gasteiger partial charge in [-0.05, 0) is 18.2 Å². The third kappa shape index (κ3) is 1.57. The molecule has 0 spiro atoms. The van der Waals surface area contributed by atoms with Crippen LogP contribution in [-0.2, 0) is 0 Å². The Hall–Kier alpha value is -1.48. The van der Waals surface area contributed by atoms with E-state index in [2.05, 4.69) is 16.9 Å². The van der Waals surface area contributed by atoms with Crippen LogP contribution in [0, 0.1) is 0 Å². The van der Waals surface area contributed by atoms with Crippen LogP contribution in [0.5, 0.6) is 0 Å². The summed E-state index contributed by atoms with van der Waals surface area (Å²) in [5.74, 6) is 0. The van der Waals surface area contributed by atoms with Gasteiger partial charge < -0.3 is 10.9 Å². The van der Waals surface area contributed by atoms with Crippen molar-refractivity contribution in [1.29, 1.82) is 0 Å². The van der Waals surface area contributed by atoms with Crippen LogP contribution in [0.15, 0.2) is 42.6 Å². The molecule has 1 aromatic rings. The van der Waals surface area contributed by atoms with Crippen LogP contribution in [0.2, 0.25) is 0 Å². The van der Waals surface area contributed by atoms with E-state index in [1.165, 1.54) is 0 Å². The molecule has 0 aliphatic carbocycles. The molecule has 0 unspecified atom stereocenters. The van der Waals surface area contributed by atoms with Gasteiger partial charge in [0.15, 0.2) is 0 Å². The molecule has 0 aromatic heterocycles. The minimum Gasteiger partial charge on any atom is -0.309 e. The van der Waals surface area contributed by atoms with Crippen molar-refractivity contribution >= 4 is 5.69 Å². The van der Waals surface area contributed by atoms with Gasteiger partial charge in [0.2, 0.25) is 0 Å². The molecule has 1 aromatic carbocycles. The normalized spacial score (nSPS) is 16.0. The Kier molecular flexibility index (Phi) is 1.96. The monoisotopic (exact) mass is 161 g/mol. The molecular weight excluding hydrogens is 150 g/mol. The Balaban J connectivity index is 1.95. The van der Waals surface area contributed by atoms with Crippen molar-refractivity contribution in [3.63, 3.8) is 0 Å². The van der Waals surface area contributed by atoms with Crippen LogP contribution in [0.25, 0.3) is 0 Å². The maximum Gasteiger partial charge on any atom is 0.0586 e. The molecule has 1 aliphatic rings. The number of hydrazine groups is 2. The van der Waals surface area contributed by atoms with E-state index in [4.69, 9.17) is 0 Å². The van der Waals surface area contributed by atoms with Crippen molar-refractivity contribution < 1.29 is 0 Å². The summed E-state index contributed by atoms with van der Waals surface area (Å²) in [7, 11) is 0. The summed E-state index contributed by atoms with van der Waals surface area (Å²) in [4.78, 5) is 0. The van der Waals surface area contributed by atoms with E-state index in [-0.39, 0.29) is 0 Å². The lowest BCUT2D eigenvalue weighted by molar-refractivity contribution is 0.326. The molecular formula is C9H11N3. The summed E-state index contributed by atoms with van der Waals surface area (Å²) in [5.41, 5.74) is 7.34. The van der Waals surface area contributed by atoms with Gasteiger partial charge in [-0.3, -0.25) is 0 Å². The third-order valence-corrected chi connectivity index (χ3v) is 1.67. The molecule has 2 rings (SSSR count). The summed E-state index contributed by atoms with van der Waals surface area (Å²) >= 11 is 0. The molecule has 0 radical (unpaired) electrons. The summed E-state index contributed by atoms with van der Waals surface area (Å²) in [6.07, 6.45) is 3.96. The molecule has 0 fully saturated rings. The highest BCUT2D eigenvalue weighted by Gasteiger charge is 2.02. The highest BCUT2D eigenvalue weighted by molar-refractivity contribution is 5.41. The maximum absolute atomic E-state index is 3.20. The number of benzene rings is 1. The standard InChI is InChI=1S/C9H11N3/c1-2-5-9(6-3-1)11-12-8-4-7-10-12/h1-7,10-11H,8H2. The fourth-order valence-corrected chi connectivity index (χ4v) is 1.10. The zero-order valence-corrected chi connectivity index (χ0v) is 6.70. The number of hydrogen-bond acceptors (Lipinski definition) is 3. The van der Waals surface area contributed by atoms with Gasteiger partial charge in [0.25, 0.3) is 0 Å². The predicted molar refractivity (Wildman–Crippen MR) is 49.0 cm³/mol. The second-order valence-electron chi connectivity index (χ2n) is 2.62. The van der Waals surface area contributed by atoms with Crippen molar-refractivity contribution in [2.45, 2.75) is 0 Å². The van der Waals surface area contributed by atoms with E-state index in [0.29, 0.717) is 0 Å². The molecule has 0 atom stereocenters. The molecule has 62 valence electrons. The lowest BCUT2D eigenvalue weighted by atomic mass is 10.3. The molecule has 2 N–H and O–H groups in total. The van der Waals surface area contributed by atoms with E-state index in [0.717, 1.165) is 12.2 Å². The average molecular weight is 161 g/mol. The Labute approximate surface area is 71.6 Å². The minimum absolute atomic E-state index is 0.884. The number of rotatable bonds is 2. The van der Waals surface area contributed by atoms with Crippen LogP contribution in [0.1, 0.15) is 0 Å². The van der Waals surface area contributed by atoms with E-state index in [9.17, 15) is 0 Å². The van der Waals surface area contributed by atoms with Gasteiger partial charge in [0.05, 0.1) is 12.2 Å². The first kappa shape index (κ1) is 7.18. The Morgan fingerprint density at radius 3 is 2.75 bits per heavy atom. The van der Waals surface area contributed by atoms with Crippen molar-refractivity contribution in [2.75, 3.05) is 12.0 Å². The second-order valence-corrected chi connectivity index (χ2v) is 2.62. The van der Waals surface area contributed by atoms with Gasteiger partial charge in [-0.15, -0.1) is 5.12 Å². The Morgan fingerprint density at radius 1 is 1.25 bits per heavy atom.